The number of carbonyl (C=O) groups excluding carboxylic acids is 1. The lowest BCUT2D eigenvalue weighted by Gasteiger charge is -2.13. The third-order valence-electron chi connectivity index (χ3n) is 3.50. The van der Waals surface area contributed by atoms with Crippen molar-refractivity contribution in [1.29, 1.82) is 0 Å². The molecule has 0 radical (unpaired) electrons. The van der Waals surface area contributed by atoms with E-state index in [1.165, 1.54) is 11.1 Å². The molecule has 3 nitrogen and oxygen atoms in total. The van der Waals surface area contributed by atoms with Crippen LogP contribution in [0.2, 0.25) is 0 Å². The van der Waals surface area contributed by atoms with Crippen molar-refractivity contribution in [2.24, 2.45) is 0 Å². The van der Waals surface area contributed by atoms with Gasteiger partial charge in [-0.2, -0.15) is 11.3 Å². The molecule has 2 heterocycles. The normalized spacial score (nSPS) is 18.4. The van der Waals surface area contributed by atoms with Crippen molar-refractivity contribution < 1.29 is 9.53 Å². The van der Waals surface area contributed by atoms with Gasteiger partial charge < -0.3 is 10.1 Å². The van der Waals surface area contributed by atoms with Gasteiger partial charge in [-0.05, 0) is 40.1 Å². The quantitative estimate of drug-likeness (QED) is 0.933. The number of amides is 1. The smallest absolute Gasteiger partial charge is 0.220 e. The fourth-order valence-electron chi connectivity index (χ4n) is 2.46. The Morgan fingerprint density at radius 1 is 1.37 bits per heavy atom. The van der Waals surface area contributed by atoms with Gasteiger partial charge in [-0.1, -0.05) is 6.07 Å². The Bertz CT molecular complexity index is 592. The van der Waals surface area contributed by atoms with Gasteiger partial charge in [0.05, 0.1) is 7.11 Å². The van der Waals surface area contributed by atoms with Gasteiger partial charge in [0.2, 0.25) is 5.91 Å². The molecule has 1 aliphatic heterocycles. The van der Waals surface area contributed by atoms with Crippen LogP contribution in [-0.4, -0.2) is 19.6 Å². The molecule has 3 rings (SSSR count). The van der Waals surface area contributed by atoms with Crippen molar-refractivity contribution in [3.63, 3.8) is 0 Å². The highest BCUT2D eigenvalue weighted by Gasteiger charge is 2.23. The van der Waals surface area contributed by atoms with Crippen molar-refractivity contribution in [1.82, 2.24) is 5.32 Å². The lowest BCUT2D eigenvalue weighted by Crippen LogP contribution is -2.13. The van der Waals surface area contributed by atoms with Crippen LogP contribution < -0.4 is 10.1 Å². The molecule has 19 heavy (non-hydrogen) atoms. The van der Waals surface area contributed by atoms with Crippen LogP contribution in [0, 0.1) is 0 Å². The summed E-state index contributed by atoms with van der Waals surface area (Å²) in [6.07, 6.45) is 0.579. The Morgan fingerprint density at radius 3 is 2.89 bits per heavy atom. The van der Waals surface area contributed by atoms with Crippen LogP contribution >= 0.6 is 11.3 Å². The highest BCUT2D eigenvalue weighted by atomic mass is 32.1. The van der Waals surface area contributed by atoms with Crippen molar-refractivity contribution in [3.8, 4) is 16.9 Å². The standard InChI is InChI=1S/C15H15NO2S/c1-18-14-3-2-10(12-7-15(17)16-8-12)6-13(14)11-4-5-19-9-11/h2-6,9,12H,7-8H2,1H3,(H,16,17). The average molecular weight is 273 g/mol. The monoisotopic (exact) mass is 273 g/mol. The highest BCUT2D eigenvalue weighted by Crippen LogP contribution is 2.35. The van der Waals surface area contributed by atoms with Crippen LogP contribution in [0.25, 0.3) is 11.1 Å². The molecular formula is C15H15NO2S. The summed E-state index contributed by atoms with van der Waals surface area (Å²) in [7, 11) is 1.69. The number of hydrogen-bond donors (Lipinski definition) is 1. The SMILES string of the molecule is COc1ccc(C2CNC(=O)C2)cc1-c1ccsc1. The molecule has 1 aromatic carbocycles. The number of benzene rings is 1. The Kier molecular flexibility index (Phi) is 3.25. The van der Waals surface area contributed by atoms with E-state index in [1.807, 2.05) is 6.07 Å². The molecule has 1 fully saturated rings. The first-order valence-electron chi connectivity index (χ1n) is 6.25. The zero-order valence-corrected chi connectivity index (χ0v) is 11.5. The first kappa shape index (κ1) is 12.2. The Morgan fingerprint density at radius 2 is 2.26 bits per heavy atom. The Labute approximate surface area is 116 Å². The first-order valence-corrected chi connectivity index (χ1v) is 7.19. The maximum absolute atomic E-state index is 11.3. The minimum absolute atomic E-state index is 0.137. The van der Waals surface area contributed by atoms with E-state index in [2.05, 4.69) is 34.3 Å². The number of nitrogens with one attached hydrogen (secondary N) is 1. The van der Waals surface area contributed by atoms with E-state index in [0.29, 0.717) is 6.42 Å². The molecule has 4 heteroatoms. The Hall–Kier alpha value is -1.81. The summed E-state index contributed by atoms with van der Waals surface area (Å²) in [5, 5.41) is 7.05. The molecule has 2 aromatic rings. The number of hydrogen-bond acceptors (Lipinski definition) is 3. The average Bonchev–Trinajstić information content (AvgIpc) is 3.09. The maximum atomic E-state index is 11.3. The number of methoxy groups -OCH3 is 1. The van der Waals surface area contributed by atoms with Crippen LogP contribution in [0.4, 0.5) is 0 Å². The zero-order chi connectivity index (χ0) is 13.2. The second-order valence-corrected chi connectivity index (χ2v) is 5.46. The van der Waals surface area contributed by atoms with Gasteiger partial charge in [0.1, 0.15) is 5.75 Å². The van der Waals surface area contributed by atoms with Gasteiger partial charge in [0.25, 0.3) is 0 Å². The second-order valence-electron chi connectivity index (χ2n) is 4.68. The molecular weight excluding hydrogens is 258 g/mol. The van der Waals surface area contributed by atoms with Crippen LogP contribution in [0.15, 0.2) is 35.0 Å². The van der Waals surface area contributed by atoms with Crippen molar-refractivity contribution >= 4 is 17.2 Å². The lowest BCUT2D eigenvalue weighted by molar-refractivity contribution is -0.119. The fourth-order valence-corrected chi connectivity index (χ4v) is 3.12. The molecule has 1 N–H and O–H groups in total. The molecule has 0 aliphatic carbocycles. The van der Waals surface area contributed by atoms with E-state index >= 15 is 0 Å². The first-order chi connectivity index (χ1) is 9.28. The van der Waals surface area contributed by atoms with Gasteiger partial charge in [0, 0.05) is 24.4 Å². The number of thiophene rings is 1. The largest absolute Gasteiger partial charge is 0.496 e. The third kappa shape index (κ3) is 2.36. The summed E-state index contributed by atoms with van der Waals surface area (Å²) >= 11 is 1.67. The minimum atomic E-state index is 0.137. The van der Waals surface area contributed by atoms with Crippen molar-refractivity contribution in [2.75, 3.05) is 13.7 Å². The third-order valence-corrected chi connectivity index (χ3v) is 4.19. The lowest BCUT2D eigenvalue weighted by atomic mass is 9.94. The predicted octanol–water partition coefficient (Wildman–Crippen LogP) is 3.03. The van der Waals surface area contributed by atoms with E-state index < -0.39 is 0 Å². The van der Waals surface area contributed by atoms with Gasteiger partial charge in [0.15, 0.2) is 0 Å². The van der Waals surface area contributed by atoms with E-state index in [9.17, 15) is 4.79 Å². The molecule has 1 atom stereocenters. The van der Waals surface area contributed by atoms with Crippen LogP contribution in [0.1, 0.15) is 17.9 Å². The zero-order valence-electron chi connectivity index (χ0n) is 10.7. The molecule has 1 aliphatic rings. The molecule has 1 aromatic heterocycles. The molecule has 98 valence electrons. The van der Waals surface area contributed by atoms with E-state index in [-0.39, 0.29) is 11.8 Å². The molecule has 1 unspecified atom stereocenters. The summed E-state index contributed by atoms with van der Waals surface area (Å²) in [6, 6.07) is 8.28. The molecule has 1 amide bonds. The minimum Gasteiger partial charge on any atom is -0.496 e. The number of ether oxygens (including phenoxy) is 1. The van der Waals surface area contributed by atoms with E-state index in [4.69, 9.17) is 4.74 Å². The van der Waals surface area contributed by atoms with Gasteiger partial charge in [-0.3, -0.25) is 4.79 Å². The summed E-state index contributed by atoms with van der Waals surface area (Å²) in [5.74, 6) is 1.29. The second kappa shape index (κ2) is 5.05. The van der Waals surface area contributed by atoms with Crippen molar-refractivity contribution in [2.45, 2.75) is 12.3 Å². The summed E-state index contributed by atoms with van der Waals surface area (Å²) in [5.41, 5.74) is 3.46. The topological polar surface area (TPSA) is 38.3 Å². The summed E-state index contributed by atoms with van der Waals surface area (Å²) in [4.78, 5) is 11.3. The van der Waals surface area contributed by atoms with Gasteiger partial charge in [-0.25, -0.2) is 0 Å². The van der Waals surface area contributed by atoms with Crippen molar-refractivity contribution in [3.05, 3.63) is 40.6 Å². The molecule has 0 bridgehead atoms. The molecule has 1 saturated heterocycles. The maximum Gasteiger partial charge on any atom is 0.220 e. The van der Waals surface area contributed by atoms with Gasteiger partial charge in [-0.15, -0.1) is 0 Å². The summed E-state index contributed by atoms with van der Waals surface area (Å²) in [6.45, 7) is 0.730. The summed E-state index contributed by atoms with van der Waals surface area (Å²) < 4.78 is 5.43. The van der Waals surface area contributed by atoms with Crippen LogP contribution in [0.5, 0.6) is 5.75 Å². The number of rotatable bonds is 3. The van der Waals surface area contributed by atoms with E-state index in [0.717, 1.165) is 17.9 Å². The highest BCUT2D eigenvalue weighted by molar-refractivity contribution is 7.08. The van der Waals surface area contributed by atoms with Crippen LogP contribution in [0.3, 0.4) is 0 Å². The van der Waals surface area contributed by atoms with Gasteiger partial charge >= 0.3 is 0 Å². The predicted molar refractivity (Wildman–Crippen MR) is 76.7 cm³/mol. The van der Waals surface area contributed by atoms with Crippen LogP contribution in [-0.2, 0) is 4.79 Å². The Balaban J connectivity index is 2.00. The van der Waals surface area contributed by atoms with E-state index in [1.54, 1.807) is 18.4 Å². The number of carbonyl (C=O) groups is 1. The fraction of sp³-hybridized carbons (Fsp3) is 0.267. The molecule has 0 saturated carbocycles. The molecule has 0 spiro atoms.